The van der Waals surface area contributed by atoms with E-state index >= 15 is 0 Å². The third kappa shape index (κ3) is 2.84. The monoisotopic (exact) mass is 246 g/mol. The molecule has 0 aliphatic carbocycles. The Morgan fingerprint density at radius 1 is 1.45 bits per heavy atom. The predicted molar refractivity (Wildman–Crippen MR) is 46.0 cm³/mol. The van der Waals surface area contributed by atoms with Crippen molar-refractivity contribution in [2.24, 2.45) is 0 Å². The van der Waals surface area contributed by atoms with E-state index in [9.17, 15) is 4.57 Å². The van der Waals surface area contributed by atoms with Crippen LogP contribution in [0.5, 0.6) is 0 Å². The van der Waals surface area contributed by atoms with Gasteiger partial charge in [0.2, 0.25) is 0 Å². The minimum atomic E-state index is -3.16. The molecule has 11 heavy (non-hydrogen) atoms. The number of halogens is 1. The Kier molecular flexibility index (Phi) is 4.82. The molecular formula is C5H12BrO4P. The Morgan fingerprint density at radius 2 is 1.82 bits per heavy atom. The van der Waals surface area contributed by atoms with E-state index in [1.54, 1.807) is 0 Å². The molecule has 1 N–H and O–H groups in total. The number of alkyl halides is 1. The van der Waals surface area contributed by atoms with Gasteiger partial charge >= 0.3 is 7.60 Å². The van der Waals surface area contributed by atoms with Crippen LogP contribution in [0, 0.1) is 0 Å². The minimum Gasteiger partial charge on any atom is -0.392 e. The normalized spacial score (nSPS) is 17.9. The Morgan fingerprint density at radius 3 is 1.91 bits per heavy atom. The maximum absolute atomic E-state index is 11.4. The number of hydrogen-bond donors (Lipinski definition) is 1. The molecule has 0 unspecified atom stereocenters. The lowest BCUT2D eigenvalue weighted by Gasteiger charge is -2.20. The number of aliphatic hydroxyl groups excluding tert-OH is 1. The van der Waals surface area contributed by atoms with Crippen LogP contribution >= 0.6 is 23.5 Å². The van der Waals surface area contributed by atoms with E-state index in [4.69, 9.17) is 5.11 Å². The van der Waals surface area contributed by atoms with Gasteiger partial charge in [-0.1, -0.05) is 15.9 Å². The number of hydrogen-bond acceptors (Lipinski definition) is 4. The van der Waals surface area contributed by atoms with E-state index in [0.29, 0.717) is 0 Å². The summed E-state index contributed by atoms with van der Waals surface area (Å²) in [5.41, 5.74) is 0. The van der Waals surface area contributed by atoms with E-state index in [1.165, 1.54) is 21.1 Å². The maximum Gasteiger partial charge on any atom is 0.346 e. The highest BCUT2D eigenvalue weighted by Gasteiger charge is 2.35. The van der Waals surface area contributed by atoms with Crippen LogP contribution < -0.4 is 0 Å². The van der Waals surface area contributed by atoms with Gasteiger partial charge in [-0.2, -0.15) is 0 Å². The molecule has 0 heterocycles. The van der Waals surface area contributed by atoms with Crippen molar-refractivity contribution in [2.45, 2.75) is 17.6 Å². The van der Waals surface area contributed by atoms with Crippen LogP contribution in [0.15, 0.2) is 0 Å². The molecule has 0 saturated heterocycles. The summed E-state index contributed by atoms with van der Waals surface area (Å²) in [6.45, 7) is 1.50. The molecule has 4 nitrogen and oxygen atoms in total. The van der Waals surface area contributed by atoms with Crippen molar-refractivity contribution in [1.29, 1.82) is 0 Å². The molecule has 0 saturated carbocycles. The fourth-order valence-corrected chi connectivity index (χ4v) is 2.62. The van der Waals surface area contributed by atoms with Gasteiger partial charge in [0.15, 0.2) is 0 Å². The van der Waals surface area contributed by atoms with Gasteiger partial charge in [-0.05, 0) is 6.92 Å². The van der Waals surface area contributed by atoms with Gasteiger partial charge in [0.05, 0.1) is 6.10 Å². The Bertz CT molecular complexity index is 153. The van der Waals surface area contributed by atoms with E-state index in [1.807, 2.05) is 0 Å². The molecule has 0 spiro atoms. The molecule has 0 fully saturated rings. The molecular weight excluding hydrogens is 235 g/mol. The number of aliphatic hydroxyl groups is 1. The zero-order chi connectivity index (χ0) is 9.07. The first-order chi connectivity index (χ1) is 4.98. The van der Waals surface area contributed by atoms with E-state index in [0.717, 1.165) is 0 Å². The molecule has 0 aromatic carbocycles. The highest BCUT2D eigenvalue weighted by atomic mass is 79.9. The second-order valence-corrected chi connectivity index (χ2v) is 6.08. The molecule has 0 aliphatic heterocycles. The second-order valence-electron chi connectivity index (χ2n) is 2.02. The highest BCUT2D eigenvalue weighted by molar-refractivity contribution is 9.10. The van der Waals surface area contributed by atoms with Crippen molar-refractivity contribution in [3.05, 3.63) is 0 Å². The lowest BCUT2D eigenvalue weighted by Crippen LogP contribution is -2.17. The highest BCUT2D eigenvalue weighted by Crippen LogP contribution is 2.55. The van der Waals surface area contributed by atoms with Crippen LogP contribution in [0.2, 0.25) is 0 Å². The third-order valence-corrected chi connectivity index (χ3v) is 5.53. The molecule has 0 aromatic heterocycles. The van der Waals surface area contributed by atoms with Crippen LogP contribution in [0.25, 0.3) is 0 Å². The number of rotatable bonds is 4. The molecule has 0 bridgehead atoms. The average molecular weight is 247 g/mol. The molecule has 6 heteroatoms. The minimum absolute atomic E-state index is 0.676. The van der Waals surface area contributed by atoms with E-state index < -0.39 is 18.3 Å². The second kappa shape index (κ2) is 4.58. The standard InChI is InChI=1S/C5H12BrO4P/c1-4(7)5(6)11(8,9-2)10-3/h4-5,7H,1-3H3/t4-,5+/m0/s1. The first kappa shape index (κ1) is 11.6. The van der Waals surface area contributed by atoms with Crippen LogP contribution in [0.3, 0.4) is 0 Å². The van der Waals surface area contributed by atoms with E-state index in [2.05, 4.69) is 25.0 Å². The van der Waals surface area contributed by atoms with Crippen molar-refractivity contribution >= 4 is 23.5 Å². The van der Waals surface area contributed by atoms with Gasteiger partial charge < -0.3 is 14.2 Å². The van der Waals surface area contributed by atoms with Crippen LogP contribution in [-0.4, -0.2) is 30.0 Å². The van der Waals surface area contributed by atoms with E-state index in [-0.39, 0.29) is 0 Å². The van der Waals surface area contributed by atoms with Crippen molar-refractivity contribution in [1.82, 2.24) is 0 Å². The summed E-state index contributed by atoms with van der Waals surface area (Å²) in [5.74, 6) is 0. The summed E-state index contributed by atoms with van der Waals surface area (Å²) < 4.78 is 20.0. The summed E-state index contributed by atoms with van der Waals surface area (Å²) in [5, 5.41) is 9.04. The van der Waals surface area contributed by atoms with Gasteiger partial charge in [0.1, 0.15) is 4.57 Å². The molecule has 0 rings (SSSR count). The van der Waals surface area contributed by atoms with Crippen molar-refractivity contribution in [2.75, 3.05) is 14.2 Å². The first-order valence-corrected chi connectivity index (χ1v) is 5.54. The maximum atomic E-state index is 11.4. The molecule has 0 radical (unpaired) electrons. The lowest BCUT2D eigenvalue weighted by molar-refractivity contribution is 0.190. The molecule has 0 amide bonds. The van der Waals surface area contributed by atoms with Crippen molar-refractivity contribution in [3.8, 4) is 0 Å². The predicted octanol–water partition coefficient (Wildman–Crippen LogP) is 1.57. The van der Waals surface area contributed by atoms with Crippen LogP contribution in [-0.2, 0) is 13.6 Å². The van der Waals surface area contributed by atoms with Gasteiger partial charge in [0, 0.05) is 14.2 Å². The topological polar surface area (TPSA) is 55.8 Å². The van der Waals surface area contributed by atoms with Gasteiger partial charge in [-0.15, -0.1) is 0 Å². The Balaban J connectivity index is 4.38. The summed E-state index contributed by atoms with van der Waals surface area (Å²) in [6, 6.07) is 0. The van der Waals surface area contributed by atoms with Gasteiger partial charge in [-0.25, -0.2) is 0 Å². The fourth-order valence-electron chi connectivity index (χ4n) is 0.540. The largest absolute Gasteiger partial charge is 0.392 e. The third-order valence-electron chi connectivity index (χ3n) is 1.21. The summed E-state index contributed by atoms with van der Waals surface area (Å²) >= 11 is 3.02. The van der Waals surface area contributed by atoms with Crippen LogP contribution in [0.1, 0.15) is 6.92 Å². The van der Waals surface area contributed by atoms with Crippen molar-refractivity contribution in [3.63, 3.8) is 0 Å². The summed E-state index contributed by atoms with van der Waals surface area (Å²) in [7, 11) is -0.604. The smallest absolute Gasteiger partial charge is 0.346 e. The zero-order valence-electron chi connectivity index (χ0n) is 6.65. The van der Waals surface area contributed by atoms with Crippen LogP contribution in [0.4, 0.5) is 0 Å². The van der Waals surface area contributed by atoms with Gasteiger partial charge in [-0.3, -0.25) is 4.57 Å². The molecule has 68 valence electrons. The summed E-state index contributed by atoms with van der Waals surface area (Å²) in [4.78, 5) is 0. The molecule has 0 aliphatic rings. The fraction of sp³-hybridized carbons (Fsp3) is 1.00. The van der Waals surface area contributed by atoms with Crippen molar-refractivity contribution < 1.29 is 18.7 Å². The first-order valence-electron chi connectivity index (χ1n) is 3.01. The summed E-state index contributed by atoms with van der Waals surface area (Å²) in [6.07, 6.45) is -0.777. The van der Waals surface area contributed by atoms with Gasteiger partial charge in [0.25, 0.3) is 0 Å². The quantitative estimate of drug-likeness (QED) is 0.605. The molecule has 0 aromatic rings. The lowest BCUT2D eigenvalue weighted by atomic mass is 10.5. The SMILES string of the molecule is COP(=O)(OC)[C@@H](Br)[C@H](C)O. The molecule has 2 atom stereocenters. The Labute approximate surface area is 74.6 Å². The average Bonchev–Trinajstić information content (AvgIpc) is 2.01. The zero-order valence-corrected chi connectivity index (χ0v) is 9.13. The Hall–Kier alpha value is 0.590.